The predicted molar refractivity (Wildman–Crippen MR) is 70.4 cm³/mol. The molecule has 2 N–H and O–H groups in total. The molecule has 0 bridgehead atoms. The fraction of sp³-hybridized carbons (Fsp3) is 0.0714. The maximum Gasteiger partial charge on any atom is 0.198 e. The summed E-state index contributed by atoms with van der Waals surface area (Å²) < 4.78 is 27.2. The van der Waals surface area contributed by atoms with Crippen LogP contribution >= 0.6 is 11.6 Å². The molecule has 0 radical (unpaired) electrons. The summed E-state index contributed by atoms with van der Waals surface area (Å²) in [4.78, 5) is 12.2. The molecule has 0 saturated heterocycles. The lowest BCUT2D eigenvalue weighted by atomic mass is 10.00. The van der Waals surface area contributed by atoms with E-state index in [4.69, 9.17) is 17.3 Å². The third-order valence-electron chi connectivity index (χ3n) is 2.79. The van der Waals surface area contributed by atoms with Gasteiger partial charge in [-0.1, -0.05) is 17.7 Å². The number of nitrogens with two attached hydrogens (primary N) is 1. The molecular formula is C14H10ClF2NO. The van der Waals surface area contributed by atoms with Crippen LogP contribution in [0.4, 0.5) is 14.5 Å². The maximum absolute atomic E-state index is 13.7. The zero-order valence-electron chi connectivity index (χ0n) is 10.0. The molecule has 0 saturated carbocycles. The van der Waals surface area contributed by atoms with Crippen LogP contribution in [0.5, 0.6) is 0 Å². The average molecular weight is 282 g/mol. The van der Waals surface area contributed by atoms with Gasteiger partial charge >= 0.3 is 0 Å². The first-order valence-corrected chi connectivity index (χ1v) is 5.84. The highest BCUT2D eigenvalue weighted by Crippen LogP contribution is 2.26. The Morgan fingerprint density at radius 3 is 2.53 bits per heavy atom. The number of benzene rings is 2. The Balaban J connectivity index is 2.56. The Bertz CT molecular complexity index is 671. The van der Waals surface area contributed by atoms with E-state index in [9.17, 15) is 13.6 Å². The second kappa shape index (κ2) is 4.97. The summed E-state index contributed by atoms with van der Waals surface area (Å²) in [5.74, 6) is -2.13. The smallest absolute Gasteiger partial charge is 0.198 e. The van der Waals surface area contributed by atoms with Gasteiger partial charge in [0.1, 0.15) is 11.6 Å². The Kier molecular flexibility index (Phi) is 3.53. The van der Waals surface area contributed by atoms with Crippen molar-refractivity contribution in [1.82, 2.24) is 0 Å². The topological polar surface area (TPSA) is 43.1 Å². The van der Waals surface area contributed by atoms with Crippen LogP contribution in [0.25, 0.3) is 0 Å². The molecule has 19 heavy (non-hydrogen) atoms. The standard InChI is InChI=1S/C14H10ClF2NO/c1-7-5-12(17)9(6-11(7)16)14(19)8-3-2-4-10(15)13(8)18/h2-6H,18H2,1H3. The Labute approximate surface area is 113 Å². The lowest BCUT2D eigenvalue weighted by Gasteiger charge is -2.08. The molecule has 0 amide bonds. The molecule has 2 aromatic rings. The first-order valence-electron chi connectivity index (χ1n) is 5.46. The van der Waals surface area contributed by atoms with Gasteiger partial charge in [-0.15, -0.1) is 0 Å². The molecule has 0 aromatic heterocycles. The van der Waals surface area contributed by atoms with Crippen LogP contribution in [0.15, 0.2) is 30.3 Å². The zero-order chi connectivity index (χ0) is 14.2. The number of rotatable bonds is 2. The number of hydrogen-bond acceptors (Lipinski definition) is 2. The van der Waals surface area contributed by atoms with E-state index in [1.54, 1.807) is 0 Å². The van der Waals surface area contributed by atoms with Gasteiger partial charge in [-0.2, -0.15) is 0 Å². The second-order valence-corrected chi connectivity index (χ2v) is 4.52. The summed E-state index contributed by atoms with van der Waals surface area (Å²) in [5, 5.41) is 0.193. The first-order chi connectivity index (χ1) is 8.91. The fourth-order valence-electron chi connectivity index (χ4n) is 1.70. The minimum Gasteiger partial charge on any atom is -0.397 e. The van der Waals surface area contributed by atoms with Gasteiger partial charge in [-0.25, -0.2) is 8.78 Å². The number of ketones is 1. The molecule has 0 spiro atoms. The van der Waals surface area contributed by atoms with Gasteiger partial charge < -0.3 is 5.73 Å². The Morgan fingerprint density at radius 2 is 1.84 bits per heavy atom. The third-order valence-corrected chi connectivity index (χ3v) is 3.12. The van der Waals surface area contributed by atoms with Gasteiger partial charge in [0.2, 0.25) is 0 Å². The molecule has 0 heterocycles. The zero-order valence-corrected chi connectivity index (χ0v) is 10.8. The Morgan fingerprint density at radius 1 is 1.16 bits per heavy atom. The number of hydrogen-bond donors (Lipinski definition) is 1. The summed E-state index contributed by atoms with van der Waals surface area (Å²) >= 11 is 5.80. The summed E-state index contributed by atoms with van der Waals surface area (Å²) in [6.07, 6.45) is 0. The number of nitrogen functional groups attached to an aromatic ring is 1. The van der Waals surface area contributed by atoms with E-state index in [-0.39, 0.29) is 27.4 Å². The lowest BCUT2D eigenvalue weighted by Crippen LogP contribution is -2.09. The van der Waals surface area contributed by atoms with E-state index < -0.39 is 17.4 Å². The summed E-state index contributed by atoms with van der Waals surface area (Å²) in [6, 6.07) is 6.30. The van der Waals surface area contributed by atoms with Crippen molar-refractivity contribution < 1.29 is 13.6 Å². The average Bonchev–Trinajstić information content (AvgIpc) is 2.36. The molecule has 2 aromatic carbocycles. The highest BCUT2D eigenvalue weighted by molar-refractivity contribution is 6.34. The van der Waals surface area contributed by atoms with Crippen LogP contribution in [0.2, 0.25) is 5.02 Å². The summed E-state index contributed by atoms with van der Waals surface area (Å²) in [6.45, 7) is 1.42. The van der Waals surface area contributed by atoms with Crippen LogP contribution < -0.4 is 5.73 Å². The van der Waals surface area contributed by atoms with Crippen LogP contribution in [0.3, 0.4) is 0 Å². The number of carbonyl (C=O) groups is 1. The number of halogens is 3. The van der Waals surface area contributed by atoms with Crippen molar-refractivity contribution >= 4 is 23.1 Å². The highest BCUT2D eigenvalue weighted by Gasteiger charge is 2.19. The molecule has 0 atom stereocenters. The monoisotopic (exact) mass is 281 g/mol. The van der Waals surface area contributed by atoms with E-state index in [1.165, 1.54) is 25.1 Å². The van der Waals surface area contributed by atoms with Gasteiger partial charge in [0.15, 0.2) is 5.78 Å². The SMILES string of the molecule is Cc1cc(F)c(C(=O)c2cccc(Cl)c2N)cc1F. The van der Waals surface area contributed by atoms with E-state index in [0.717, 1.165) is 12.1 Å². The largest absolute Gasteiger partial charge is 0.397 e. The maximum atomic E-state index is 13.7. The van der Waals surface area contributed by atoms with E-state index in [2.05, 4.69) is 0 Å². The summed E-state index contributed by atoms with van der Waals surface area (Å²) in [7, 11) is 0. The highest BCUT2D eigenvalue weighted by atomic mass is 35.5. The number of carbonyl (C=O) groups excluding carboxylic acids is 1. The van der Waals surface area contributed by atoms with Crippen LogP contribution in [0.1, 0.15) is 21.5 Å². The lowest BCUT2D eigenvalue weighted by molar-refractivity contribution is 0.103. The quantitative estimate of drug-likeness (QED) is 0.673. The summed E-state index contributed by atoms with van der Waals surface area (Å²) in [5.41, 5.74) is 5.54. The predicted octanol–water partition coefficient (Wildman–Crippen LogP) is 3.74. The molecule has 0 fully saturated rings. The normalized spacial score (nSPS) is 10.5. The van der Waals surface area contributed by atoms with E-state index >= 15 is 0 Å². The molecule has 0 aliphatic heterocycles. The van der Waals surface area contributed by atoms with Gasteiger partial charge in [0.05, 0.1) is 16.3 Å². The van der Waals surface area contributed by atoms with Gasteiger partial charge in [0, 0.05) is 5.56 Å². The molecule has 5 heteroatoms. The molecule has 98 valence electrons. The molecule has 0 aliphatic rings. The number of para-hydroxylation sites is 1. The van der Waals surface area contributed by atoms with Gasteiger partial charge in [0.25, 0.3) is 0 Å². The third kappa shape index (κ3) is 2.44. The van der Waals surface area contributed by atoms with Crippen molar-refractivity contribution in [2.24, 2.45) is 0 Å². The van der Waals surface area contributed by atoms with Gasteiger partial charge in [-0.05, 0) is 36.8 Å². The van der Waals surface area contributed by atoms with Crippen LogP contribution in [-0.2, 0) is 0 Å². The molecule has 0 aliphatic carbocycles. The minimum absolute atomic E-state index is 0.0505. The molecular weight excluding hydrogens is 272 g/mol. The van der Waals surface area contributed by atoms with Gasteiger partial charge in [-0.3, -0.25) is 4.79 Å². The van der Waals surface area contributed by atoms with Crippen molar-refractivity contribution in [2.75, 3.05) is 5.73 Å². The first kappa shape index (κ1) is 13.5. The fourth-order valence-corrected chi connectivity index (χ4v) is 1.87. The van der Waals surface area contributed by atoms with Crippen molar-refractivity contribution in [2.45, 2.75) is 6.92 Å². The Hall–Kier alpha value is -1.94. The van der Waals surface area contributed by atoms with E-state index in [1.807, 2.05) is 0 Å². The molecule has 2 rings (SSSR count). The number of aryl methyl sites for hydroxylation is 1. The van der Waals surface area contributed by atoms with Crippen molar-refractivity contribution in [3.63, 3.8) is 0 Å². The minimum atomic E-state index is -0.789. The molecule has 0 unspecified atom stereocenters. The van der Waals surface area contributed by atoms with Crippen LogP contribution in [0, 0.1) is 18.6 Å². The second-order valence-electron chi connectivity index (χ2n) is 4.11. The van der Waals surface area contributed by atoms with Crippen molar-refractivity contribution in [3.8, 4) is 0 Å². The number of anilines is 1. The van der Waals surface area contributed by atoms with Crippen molar-refractivity contribution in [3.05, 3.63) is 63.7 Å². The van der Waals surface area contributed by atoms with Crippen LogP contribution in [-0.4, -0.2) is 5.78 Å². The van der Waals surface area contributed by atoms with E-state index in [0.29, 0.717) is 0 Å². The molecule has 2 nitrogen and oxygen atoms in total. The van der Waals surface area contributed by atoms with Crippen molar-refractivity contribution in [1.29, 1.82) is 0 Å².